The zero-order valence-corrected chi connectivity index (χ0v) is 14.0. The topological polar surface area (TPSA) is 59.4 Å². The zero-order valence-electron chi connectivity index (χ0n) is 14.0. The lowest BCUT2D eigenvalue weighted by Crippen LogP contribution is -2.39. The van der Waals surface area contributed by atoms with Crippen LogP contribution in [-0.2, 0) is 11.3 Å². The Morgan fingerprint density at radius 2 is 2.04 bits per heavy atom. The molecule has 1 amide bonds. The molecule has 6 heteroatoms. The smallest absolute Gasteiger partial charge is 0.238 e. The number of piperidine rings is 1. The number of ether oxygens (including phenoxy) is 1. The summed E-state index contributed by atoms with van der Waals surface area (Å²) in [6.45, 7) is 3.40. The van der Waals surface area contributed by atoms with Gasteiger partial charge in [0.25, 0.3) is 0 Å². The molecule has 6 nitrogen and oxygen atoms in total. The van der Waals surface area contributed by atoms with Crippen LogP contribution in [0.4, 0.5) is 5.69 Å². The molecule has 2 aromatic rings. The molecule has 2 heterocycles. The highest BCUT2D eigenvalue weighted by molar-refractivity contribution is 5.92. The largest absolute Gasteiger partial charge is 0.497 e. The Kier molecular flexibility index (Phi) is 5.48. The Morgan fingerprint density at radius 3 is 2.67 bits per heavy atom. The van der Waals surface area contributed by atoms with Crippen LogP contribution in [-0.4, -0.2) is 47.1 Å². The second-order valence-electron chi connectivity index (χ2n) is 6.26. The summed E-state index contributed by atoms with van der Waals surface area (Å²) in [6, 6.07) is 7.40. The molecule has 1 N–H and O–H groups in total. The van der Waals surface area contributed by atoms with Gasteiger partial charge in [-0.2, -0.15) is 0 Å². The van der Waals surface area contributed by atoms with Gasteiger partial charge in [0.15, 0.2) is 0 Å². The second kappa shape index (κ2) is 7.97. The van der Waals surface area contributed by atoms with Crippen molar-refractivity contribution in [1.29, 1.82) is 0 Å². The van der Waals surface area contributed by atoms with E-state index < -0.39 is 0 Å². The van der Waals surface area contributed by atoms with E-state index in [0.717, 1.165) is 43.9 Å². The molecule has 0 radical (unpaired) electrons. The van der Waals surface area contributed by atoms with Crippen LogP contribution in [0.25, 0.3) is 0 Å². The van der Waals surface area contributed by atoms with Crippen LogP contribution in [0.15, 0.2) is 43.0 Å². The Bertz CT molecular complexity index is 632. The number of hydrogen-bond acceptors (Lipinski definition) is 4. The van der Waals surface area contributed by atoms with Gasteiger partial charge in [0.2, 0.25) is 5.91 Å². The van der Waals surface area contributed by atoms with Gasteiger partial charge in [-0.05, 0) is 56.1 Å². The highest BCUT2D eigenvalue weighted by Gasteiger charge is 2.21. The number of carbonyl (C=O) groups excluding carboxylic acids is 1. The number of nitrogens with zero attached hydrogens (tertiary/aromatic N) is 3. The van der Waals surface area contributed by atoms with Crippen molar-refractivity contribution in [3.05, 3.63) is 43.0 Å². The number of amides is 1. The quantitative estimate of drug-likeness (QED) is 0.883. The monoisotopic (exact) mass is 328 g/mol. The lowest BCUT2D eigenvalue weighted by atomic mass is 9.97. The molecule has 0 saturated carbocycles. The van der Waals surface area contributed by atoms with E-state index in [1.807, 2.05) is 43.0 Å². The number of imidazole rings is 1. The Labute approximate surface area is 142 Å². The number of hydrogen-bond donors (Lipinski definition) is 1. The van der Waals surface area contributed by atoms with Gasteiger partial charge >= 0.3 is 0 Å². The van der Waals surface area contributed by atoms with Crippen molar-refractivity contribution in [3.63, 3.8) is 0 Å². The summed E-state index contributed by atoms with van der Waals surface area (Å²) in [5.74, 6) is 1.49. The number of anilines is 1. The van der Waals surface area contributed by atoms with Crippen LogP contribution in [0.3, 0.4) is 0 Å². The summed E-state index contributed by atoms with van der Waals surface area (Å²) < 4.78 is 7.25. The van der Waals surface area contributed by atoms with E-state index in [1.54, 1.807) is 7.11 Å². The van der Waals surface area contributed by atoms with Gasteiger partial charge in [-0.25, -0.2) is 4.98 Å². The first-order valence-corrected chi connectivity index (χ1v) is 8.35. The van der Waals surface area contributed by atoms with Gasteiger partial charge in [0.05, 0.1) is 20.0 Å². The summed E-state index contributed by atoms with van der Waals surface area (Å²) in [5.41, 5.74) is 0.802. The molecule has 1 aromatic carbocycles. The second-order valence-corrected chi connectivity index (χ2v) is 6.26. The summed E-state index contributed by atoms with van der Waals surface area (Å²) in [6.07, 6.45) is 7.93. The number of likely N-dealkylation sites (tertiary alicyclic amines) is 1. The van der Waals surface area contributed by atoms with Crippen LogP contribution >= 0.6 is 0 Å². The summed E-state index contributed by atoms with van der Waals surface area (Å²) in [7, 11) is 1.63. The maximum absolute atomic E-state index is 12.2. The fourth-order valence-corrected chi connectivity index (χ4v) is 3.10. The number of methoxy groups -OCH3 is 1. The molecular formula is C18H24N4O2. The summed E-state index contributed by atoms with van der Waals surface area (Å²) >= 11 is 0. The molecule has 3 rings (SSSR count). The standard InChI is InChI=1S/C18H24N4O2/c1-24-17-4-2-16(3-5-17)20-18(23)13-21-9-6-15(7-10-21)12-22-11-8-19-14-22/h2-5,8,11,14-15H,6-7,9-10,12-13H2,1H3,(H,20,23). The van der Waals surface area contributed by atoms with Crippen molar-refractivity contribution in [2.24, 2.45) is 5.92 Å². The summed E-state index contributed by atoms with van der Waals surface area (Å²) in [4.78, 5) is 18.5. The van der Waals surface area contributed by atoms with E-state index >= 15 is 0 Å². The number of benzene rings is 1. The van der Waals surface area contributed by atoms with Gasteiger partial charge < -0.3 is 14.6 Å². The van der Waals surface area contributed by atoms with E-state index in [2.05, 4.69) is 19.8 Å². The van der Waals surface area contributed by atoms with Gasteiger partial charge in [0, 0.05) is 24.6 Å². The number of rotatable bonds is 6. The van der Waals surface area contributed by atoms with Crippen molar-refractivity contribution >= 4 is 11.6 Å². The predicted octanol–water partition coefficient (Wildman–Crippen LogP) is 2.24. The molecule has 1 aliphatic heterocycles. The molecule has 0 atom stereocenters. The Morgan fingerprint density at radius 1 is 1.29 bits per heavy atom. The minimum absolute atomic E-state index is 0.0354. The zero-order chi connectivity index (χ0) is 16.8. The average Bonchev–Trinajstić information content (AvgIpc) is 3.10. The molecule has 0 spiro atoms. The molecule has 0 unspecified atom stereocenters. The molecule has 1 aromatic heterocycles. The molecule has 0 bridgehead atoms. The van der Waals surface area contributed by atoms with Crippen molar-refractivity contribution in [3.8, 4) is 5.75 Å². The fourth-order valence-electron chi connectivity index (χ4n) is 3.10. The van der Waals surface area contributed by atoms with Gasteiger partial charge in [-0.15, -0.1) is 0 Å². The van der Waals surface area contributed by atoms with Crippen LogP contribution in [0.5, 0.6) is 5.75 Å². The Hall–Kier alpha value is -2.34. The molecule has 0 aliphatic carbocycles. The first-order chi connectivity index (χ1) is 11.7. The van der Waals surface area contributed by atoms with Crippen LogP contribution in [0, 0.1) is 5.92 Å². The summed E-state index contributed by atoms with van der Waals surface area (Å²) in [5, 5.41) is 2.94. The van der Waals surface area contributed by atoms with E-state index in [1.165, 1.54) is 0 Å². The van der Waals surface area contributed by atoms with Crippen molar-refractivity contribution in [1.82, 2.24) is 14.5 Å². The molecule has 128 valence electrons. The van der Waals surface area contributed by atoms with Crippen LogP contribution < -0.4 is 10.1 Å². The van der Waals surface area contributed by atoms with Gasteiger partial charge in [0.1, 0.15) is 5.75 Å². The molecule has 1 aliphatic rings. The maximum Gasteiger partial charge on any atom is 0.238 e. The van der Waals surface area contributed by atoms with Crippen molar-refractivity contribution in [2.45, 2.75) is 19.4 Å². The van der Waals surface area contributed by atoms with E-state index in [9.17, 15) is 4.79 Å². The van der Waals surface area contributed by atoms with Gasteiger partial charge in [-0.3, -0.25) is 9.69 Å². The fraction of sp³-hybridized carbons (Fsp3) is 0.444. The van der Waals surface area contributed by atoms with Gasteiger partial charge in [-0.1, -0.05) is 0 Å². The maximum atomic E-state index is 12.2. The third-order valence-electron chi connectivity index (χ3n) is 4.48. The molecular weight excluding hydrogens is 304 g/mol. The van der Waals surface area contributed by atoms with Crippen LogP contribution in [0.1, 0.15) is 12.8 Å². The lowest BCUT2D eigenvalue weighted by molar-refractivity contribution is -0.117. The minimum atomic E-state index is 0.0354. The lowest BCUT2D eigenvalue weighted by Gasteiger charge is -2.31. The molecule has 1 fully saturated rings. The first-order valence-electron chi connectivity index (χ1n) is 8.35. The minimum Gasteiger partial charge on any atom is -0.497 e. The van der Waals surface area contributed by atoms with E-state index in [0.29, 0.717) is 12.5 Å². The van der Waals surface area contributed by atoms with Crippen LogP contribution in [0.2, 0.25) is 0 Å². The Balaban J connectivity index is 1.41. The first kappa shape index (κ1) is 16.5. The van der Waals surface area contributed by atoms with Crippen molar-refractivity contribution < 1.29 is 9.53 Å². The van der Waals surface area contributed by atoms with Crippen molar-refractivity contribution in [2.75, 3.05) is 32.1 Å². The van der Waals surface area contributed by atoms with E-state index in [4.69, 9.17) is 4.74 Å². The third-order valence-corrected chi connectivity index (χ3v) is 4.48. The highest BCUT2D eigenvalue weighted by Crippen LogP contribution is 2.19. The predicted molar refractivity (Wildman–Crippen MR) is 93.0 cm³/mol. The SMILES string of the molecule is COc1ccc(NC(=O)CN2CCC(Cn3ccnc3)CC2)cc1. The molecule has 24 heavy (non-hydrogen) atoms. The number of aromatic nitrogens is 2. The van der Waals surface area contributed by atoms with E-state index in [-0.39, 0.29) is 5.91 Å². The highest BCUT2D eigenvalue weighted by atomic mass is 16.5. The normalized spacial score (nSPS) is 16.0. The molecule has 1 saturated heterocycles. The third kappa shape index (κ3) is 4.58. The average molecular weight is 328 g/mol. The number of carbonyl (C=O) groups is 1. The number of nitrogens with one attached hydrogen (secondary N) is 1.